The lowest BCUT2D eigenvalue weighted by Gasteiger charge is -2.32. The molecule has 1 aromatic rings. The summed E-state index contributed by atoms with van der Waals surface area (Å²) < 4.78 is 0. The smallest absolute Gasteiger partial charge is 0.225 e. The fourth-order valence-electron chi connectivity index (χ4n) is 3.07. The van der Waals surface area contributed by atoms with Gasteiger partial charge in [-0.1, -0.05) is 18.2 Å². The zero-order valence-corrected chi connectivity index (χ0v) is 13.2. The van der Waals surface area contributed by atoms with Crippen LogP contribution in [0.5, 0.6) is 0 Å². The number of hydrogen-bond acceptors (Lipinski definition) is 2. The van der Waals surface area contributed by atoms with E-state index in [0.717, 1.165) is 45.3 Å². The Balaban J connectivity index is 1.44. The Hall–Kier alpha value is -1.35. The van der Waals surface area contributed by atoms with E-state index in [1.165, 1.54) is 16.7 Å². The number of likely N-dealkylation sites (tertiary alicyclic amines) is 1. The third kappa shape index (κ3) is 3.65. The van der Waals surface area contributed by atoms with Gasteiger partial charge in [0.25, 0.3) is 0 Å². The molecule has 1 aromatic carbocycles. The third-order valence-corrected chi connectivity index (χ3v) is 4.90. The van der Waals surface area contributed by atoms with E-state index in [-0.39, 0.29) is 0 Å². The predicted molar refractivity (Wildman–Crippen MR) is 85.1 cm³/mol. The Labute approximate surface area is 127 Å². The van der Waals surface area contributed by atoms with Gasteiger partial charge in [0.2, 0.25) is 5.91 Å². The van der Waals surface area contributed by atoms with Crippen LogP contribution in [0.2, 0.25) is 0 Å². The van der Waals surface area contributed by atoms with Crippen LogP contribution in [0.3, 0.4) is 0 Å². The van der Waals surface area contributed by atoms with Gasteiger partial charge in [-0.3, -0.25) is 4.79 Å². The van der Waals surface area contributed by atoms with Gasteiger partial charge in [-0.15, -0.1) is 0 Å². The molecule has 2 fully saturated rings. The van der Waals surface area contributed by atoms with Crippen LogP contribution in [0.15, 0.2) is 18.2 Å². The zero-order valence-electron chi connectivity index (χ0n) is 13.2. The van der Waals surface area contributed by atoms with Crippen LogP contribution >= 0.6 is 0 Å². The highest BCUT2D eigenvalue weighted by atomic mass is 16.2. The highest BCUT2D eigenvalue weighted by Crippen LogP contribution is 2.31. The van der Waals surface area contributed by atoms with E-state index in [1.807, 2.05) is 0 Å². The first-order valence-corrected chi connectivity index (χ1v) is 8.22. The maximum atomic E-state index is 12.0. The monoisotopic (exact) mass is 286 g/mol. The molecule has 3 rings (SSSR count). The van der Waals surface area contributed by atoms with E-state index < -0.39 is 0 Å². The first-order valence-electron chi connectivity index (χ1n) is 8.22. The predicted octanol–water partition coefficient (Wildman–Crippen LogP) is 2.79. The molecule has 0 radical (unpaired) electrons. The highest BCUT2D eigenvalue weighted by molar-refractivity contribution is 5.81. The van der Waals surface area contributed by atoms with Gasteiger partial charge in [-0.05, 0) is 56.2 Å². The molecule has 1 saturated heterocycles. The Bertz CT molecular complexity index is 514. The van der Waals surface area contributed by atoms with Crippen LogP contribution in [0.1, 0.15) is 42.4 Å². The number of amides is 1. The van der Waals surface area contributed by atoms with Crippen molar-refractivity contribution in [3.63, 3.8) is 0 Å². The van der Waals surface area contributed by atoms with Gasteiger partial charge in [0.15, 0.2) is 0 Å². The van der Waals surface area contributed by atoms with Crippen molar-refractivity contribution in [3.8, 4) is 0 Å². The fourth-order valence-corrected chi connectivity index (χ4v) is 3.07. The second kappa shape index (κ2) is 6.18. The standard InChI is InChI=1S/C18H26N2O/c1-13-3-4-15(11-14(13)2)12-19-17-7-9-20(10-8-17)18(21)16-5-6-16/h3-4,11,16-17,19H,5-10,12H2,1-2H3. The van der Waals surface area contributed by atoms with Crippen molar-refractivity contribution in [3.05, 3.63) is 34.9 Å². The summed E-state index contributed by atoms with van der Waals surface area (Å²) >= 11 is 0. The molecule has 114 valence electrons. The average molecular weight is 286 g/mol. The lowest BCUT2D eigenvalue weighted by molar-refractivity contribution is -0.133. The molecule has 1 aliphatic carbocycles. The molecule has 0 spiro atoms. The number of carbonyl (C=O) groups excluding carboxylic acids is 1. The lowest BCUT2D eigenvalue weighted by Crippen LogP contribution is -2.45. The van der Waals surface area contributed by atoms with E-state index in [0.29, 0.717) is 17.9 Å². The van der Waals surface area contributed by atoms with Crippen LogP contribution in [0.25, 0.3) is 0 Å². The van der Waals surface area contributed by atoms with Gasteiger partial charge in [0.05, 0.1) is 0 Å². The lowest BCUT2D eigenvalue weighted by atomic mass is 10.0. The number of hydrogen-bond donors (Lipinski definition) is 1. The summed E-state index contributed by atoms with van der Waals surface area (Å²) in [6.45, 7) is 7.11. The van der Waals surface area contributed by atoms with Crippen molar-refractivity contribution in [1.82, 2.24) is 10.2 Å². The number of piperidine rings is 1. The summed E-state index contributed by atoms with van der Waals surface area (Å²) in [5, 5.41) is 3.65. The normalized spacial score (nSPS) is 19.8. The second-order valence-electron chi connectivity index (χ2n) is 6.67. The molecule has 3 heteroatoms. The molecule has 2 aliphatic rings. The molecule has 0 unspecified atom stereocenters. The van der Waals surface area contributed by atoms with Crippen LogP contribution in [0.4, 0.5) is 0 Å². The minimum Gasteiger partial charge on any atom is -0.342 e. The van der Waals surface area contributed by atoms with Gasteiger partial charge >= 0.3 is 0 Å². The summed E-state index contributed by atoms with van der Waals surface area (Å²) in [6, 6.07) is 7.23. The van der Waals surface area contributed by atoms with Crippen LogP contribution in [-0.2, 0) is 11.3 Å². The molecule has 1 amide bonds. The van der Waals surface area contributed by atoms with Crippen LogP contribution in [0, 0.1) is 19.8 Å². The number of nitrogens with zero attached hydrogens (tertiary/aromatic N) is 1. The highest BCUT2D eigenvalue weighted by Gasteiger charge is 2.34. The topological polar surface area (TPSA) is 32.3 Å². The SMILES string of the molecule is Cc1ccc(CNC2CCN(C(=O)C3CC3)CC2)cc1C. The van der Waals surface area contributed by atoms with E-state index >= 15 is 0 Å². The van der Waals surface area contributed by atoms with Crippen molar-refractivity contribution in [2.45, 2.75) is 52.1 Å². The third-order valence-electron chi connectivity index (χ3n) is 4.90. The summed E-state index contributed by atoms with van der Waals surface area (Å²) in [6.07, 6.45) is 4.40. The van der Waals surface area contributed by atoms with Crippen LogP contribution in [-0.4, -0.2) is 29.9 Å². The van der Waals surface area contributed by atoms with E-state index in [1.54, 1.807) is 0 Å². The minimum atomic E-state index is 0.366. The van der Waals surface area contributed by atoms with Gasteiger partial charge < -0.3 is 10.2 Å². The van der Waals surface area contributed by atoms with Gasteiger partial charge in [0.1, 0.15) is 0 Å². The second-order valence-corrected chi connectivity index (χ2v) is 6.67. The average Bonchev–Trinajstić information content (AvgIpc) is 3.33. The largest absolute Gasteiger partial charge is 0.342 e. The number of rotatable bonds is 4. The maximum absolute atomic E-state index is 12.0. The molecule has 1 saturated carbocycles. The van der Waals surface area contributed by atoms with Gasteiger partial charge in [0, 0.05) is 31.6 Å². The molecule has 1 heterocycles. The molecule has 1 aliphatic heterocycles. The quantitative estimate of drug-likeness (QED) is 0.923. The number of benzene rings is 1. The summed E-state index contributed by atoms with van der Waals surface area (Å²) in [7, 11) is 0. The Morgan fingerprint density at radius 2 is 1.86 bits per heavy atom. The van der Waals surface area contributed by atoms with E-state index in [2.05, 4.69) is 42.3 Å². The molecule has 0 bridgehead atoms. The summed E-state index contributed by atoms with van der Waals surface area (Å²) in [5.41, 5.74) is 4.07. The van der Waals surface area contributed by atoms with Crippen molar-refractivity contribution in [2.75, 3.05) is 13.1 Å². The fraction of sp³-hybridized carbons (Fsp3) is 0.611. The Kier molecular flexibility index (Phi) is 4.29. The van der Waals surface area contributed by atoms with Gasteiger partial charge in [-0.25, -0.2) is 0 Å². The van der Waals surface area contributed by atoms with Crippen LogP contribution < -0.4 is 5.32 Å². The minimum absolute atomic E-state index is 0.366. The number of carbonyl (C=O) groups is 1. The Morgan fingerprint density at radius 3 is 2.48 bits per heavy atom. The molecule has 0 aromatic heterocycles. The van der Waals surface area contributed by atoms with Crippen molar-refractivity contribution >= 4 is 5.91 Å². The molecule has 0 atom stereocenters. The van der Waals surface area contributed by atoms with Gasteiger partial charge in [-0.2, -0.15) is 0 Å². The van der Waals surface area contributed by atoms with Crippen molar-refractivity contribution < 1.29 is 4.79 Å². The number of aryl methyl sites for hydroxylation is 2. The molecule has 1 N–H and O–H groups in total. The molecular weight excluding hydrogens is 260 g/mol. The van der Waals surface area contributed by atoms with E-state index in [4.69, 9.17) is 0 Å². The molecular formula is C18H26N2O. The number of nitrogens with one attached hydrogen (secondary N) is 1. The Morgan fingerprint density at radius 1 is 1.14 bits per heavy atom. The summed E-state index contributed by atoms with van der Waals surface area (Å²) in [5.74, 6) is 0.771. The molecule has 21 heavy (non-hydrogen) atoms. The van der Waals surface area contributed by atoms with E-state index in [9.17, 15) is 4.79 Å². The van der Waals surface area contributed by atoms with Crippen molar-refractivity contribution in [2.24, 2.45) is 5.92 Å². The first kappa shape index (κ1) is 14.6. The van der Waals surface area contributed by atoms with Crippen molar-refractivity contribution in [1.29, 1.82) is 0 Å². The molecule has 3 nitrogen and oxygen atoms in total. The first-order chi connectivity index (χ1) is 10.1. The maximum Gasteiger partial charge on any atom is 0.225 e. The zero-order chi connectivity index (χ0) is 14.8. The summed E-state index contributed by atoms with van der Waals surface area (Å²) in [4.78, 5) is 14.1.